The number of benzene rings is 3. The van der Waals surface area contributed by atoms with E-state index >= 15 is 0 Å². The van der Waals surface area contributed by atoms with Crippen molar-refractivity contribution in [2.75, 3.05) is 33.4 Å². The summed E-state index contributed by atoms with van der Waals surface area (Å²) in [4.78, 5) is 15.5. The molecule has 5 heteroatoms. The molecule has 4 rings (SSSR count). The van der Waals surface area contributed by atoms with Gasteiger partial charge in [0.1, 0.15) is 11.2 Å². The van der Waals surface area contributed by atoms with E-state index in [1.165, 1.54) is 0 Å². The minimum atomic E-state index is -1.32. The van der Waals surface area contributed by atoms with E-state index in [2.05, 4.69) is 6.07 Å². The molecule has 1 aliphatic rings. The van der Waals surface area contributed by atoms with Crippen molar-refractivity contribution in [3.63, 3.8) is 0 Å². The zero-order valence-corrected chi connectivity index (χ0v) is 17.9. The summed E-state index contributed by atoms with van der Waals surface area (Å²) in [5.74, 6) is -0.0195. The number of carbonyl (C=O) groups is 1. The van der Waals surface area contributed by atoms with E-state index in [9.17, 15) is 10.1 Å². The highest BCUT2D eigenvalue weighted by atomic mass is 16.5. The van der Waals surface area contributed by atoms with Gasteiger partial charge in [0, 0.05) is 24.6 Å². The topological polar surface area (TPSA) is 62.6 Å². The third kappa shape index (κ3) is 3.75. The monoisotopic (exact) mass is 414 g/mol. The molecule has 1 aliphatic heterocycles. The molecule has 3 aromatic carbocycles. The molecule has 0 N–H and O–H groups in total. The average Bonchev–Trinajstić information content (AvgIpc) is 2.84. The molecule has 3 aromatic rings. The number of amides is 1. The van der Waals surface area contributed by atoms with Gasteiger partial charge in [-0.15, -0.1) is 0 Å². The Morgan fingerprint density at radius 1 is 1.03 bits per heavy atom. The number of nitriles is 1. The van der Waals surface area contributed by atoms with Crippen molar-refractivity contribution in [2.24, 2.45) is 5.41 Å². The lowest BCUT2D eigenvalue weighted by Crippen LogP contribution is -2.49. The van der Waals surface area contributed by atoms with Gasteiger partial charge < -0.3 is 14.4 Å². The second kappa shape index (κ2) is 8.79. The highest BCUT2D eigenvalue weighted by Crippen LogP contribution is 2.47. The van der Waals surface area contributed by atoms with Gasteiger partial charge in [-0.1, -0.05) is 60.7 Å². The molecular weight excluding hydrogens is 388 g/mol. The van der Waals surface area contributed by atoms with E-state index in [0.717, 1.165) is 21.9 Å². The molecule has 1 fully saturated rings. The number of para-hydroxylation sites is 1. The Bertz CT molecular complexity index is 1130. The van der Waals surface area contributed by atoms with Crippen LogP contribution in [0.2, 0.25) is 0 Å². The predicted octanol–water partition coefficient (Wildman–Crippen LogP) is 4.37. The molecule has 0 bridgehead atoms. The number of carbonyl (C=O) groups excluding carboxylic acids is 1. The van der Waals surface area contributed by atoms with Crippen LogP contribution in [-0.2, 0) is 9.53 Å². The number of nitrogens with zero attached hydrogens (tertiary/aromatic N) is 2. The van der Waals surface area contributed by atoms with Crippen LogP contribution in [0.25, 0.3) is 10.8 Å². The van der Waals surface area contributed by atoms with Gasteiger partial charge in [0.2, 0.25) is 5.91 Å². The van der Waals surface area contributed by atoms with Crippen LogP contribution in [0.1, 0.15) is 24.0 Å². The van der Waals surface area contributed by atoms with Gasteiger partial charge in [-0.3, -0.25) is 4.79 Å². The molecule has 0 saturated carbocycles. The summed E-state index contributed by atoms with van der Waals surface area (Å²) in [5, 5.41) is 12.5. The standard InChI is InChI=1S/C26H26N2O3/c1-26(18-27,25(29)28-14-16-31-17-15-28)24(22-11-5-6-13-23(22)30-2)21-12-7-9-19-8-3-4-10-20(19)21/h3-13,24H,14-17H2,1-2H3. The number of fused-ring (bicyclic) bond motifs is 1. The van der Waals surface area contributed by atoms with Gasteiger partial charge in [0.15, 0.2) is 0 Å². The van der Waals surface area contributed by atoms with Crippen molar-refractivity contribution in [2.45, 2.75) is 12.8 Å². The van der Waals surface area contributed by atoms with Crippen LogP contribution in [0.15, 0.2) is 66.7 Å². The quantitative estimate of drug-likeness (QED) is 0.622. The molecule has 0 aromatic heterocycles. The van der Waals surface area contributed by atoms with Crippen LogP contribution < -0.4 is 4.74 Å². The molecule has 0 aliphatic carbocycles. The van der Waals surface area contributed by atoms with Crippen molar-refractivity contribution in [1.29, 1.82) is 5.26 Å². The zero-order valence-electron chi connectivity index (χ0n) is 17.9. The van der Waals surface area contributed by atoms with Crippen molar-refractivity contribution >= 4 is 16.7 Å². The van der Waals surface area contributed by atoms with Crippen LogP contribution in [0.4, 0.5) is 0 Å². The van der Waals surface area contributed by atoms with Crippen LogP contribution >= 0.6 is 0 Å². The Labute approximate surface area is 182 Å². The lowest BCUT2D eigenvalue weighted by molar-refractivity contribution is -0.143. The lowest BCUT2D eigenvalue weighted by atomic mass is 9.68. The fourth-order valence-corrected chi connectivity index (χ4v) is 4.53. The first kappa shape index (κ1) is 20.9. The van der Waals surface area contributed by atoms with Crippen molar-refractivity contribution < 1.29 is 14.3 Å². The number of hydrogen-bond donors (Lipinski definition) is 0. The summed E-state index contributed by atoms with van der Waals surface area (Å²) in [6.45, 7) is 3.71. The van der Waals surface area contributed by atoms with E-state index in [1.54, 1.807) is 18.9 Å². The van der Waals surface area contributed by atoms with Crippen LogP contribution in [0.3, 0.4) is 0 Å². The molecule has 1 saturated heterocycles. The zero-order chi connectivity index (χ0) is 21.8. The summed E-state index contributed by atoms with van der Waals surface area (Å²) in [6.07, 6.45) is 0. The Balaban J connectivity index is 1.96. The first-order chi connectivity index (χ1) is 15.1. The Kier molecular flexibility index (Phi) is 5.92. The lowest BCUT2D eigenvalue weighted by Gasteiger charge is -2.38. The van der Waals surface area contributed by atoms with E-state index in [0.29, 0.717) is 32.1 Å². The van der Waals surface area contributed by atoms with Crippen LogP contribution in [0.5, 0.6) is 5.75 Å². The largest absolute Gasteiger partial charge is 0.496 e. The fraction of sp³-hybridized carbons (Fsp3) is 0.308. The second-order valence-corrected chi connectivity index (χ2v) is 7.96. The molecule has 2 unspecified atom stereocenters. The molecule has 1 heterocycles. The minimum Gasteiger partial charge on any atom is -0.496 e. The average molecular weight is 415 g/mol. The van der Waals surface area contributed by atoms with E-state index in [1.807, 2.05) is 66.7 Å². The maximum atomic E-state index is 13.8. The van der Waals surface area contributed by atoms with Gasteiger partial charge >= 0.3 is 0 Å². The molecule has 158 valence electrons. The number of methoxy groups -OCH3 is 1. The molecule has 0 spiro atoms. The fourth-order valence-electron chi connectivity index (χ4n) is 4.53. The van der Waals surface area contributed by atoms with Gasteiger partial charge in [0.25, 0.3) is 0 Å². The first-order valence-corrected chi connectivity index (χ1v) is 10.5. The van der Waals surface area contributed by atoms with E-state index in [-0.39, 0.29) is 5.91 Å². The number of hydrogen-bond acceptors (Lipinski definition) is 4. The van der Waals surface area contributed by atoms with E-state index < -0.39 is 11.3 Å². The number of morpholine rings is 1. The third-order valence-corrected chi connectivity index (χ3v) is 6.14. The van der Waals surface area contributed by atoms with Gasteiger partial charge in [-0.25, -0.2) is 0 Å². The summed E-state index contributed by atoms with van der Waals surface area (Å²) in [7, 11) is 1.62. The first-order valence-electron chi connectivity index (χ1n) is 10.5. The SMILES string of the molecule is COc1ccccc1C(c1cccc2ccccc12)C(C)(C#N)C(=O)N1CCOCC1. The molecular formula is C26H26N2O3. The minimum absolute atomic E-state index is 0.179. The van der Waals surface area contributed by atoms with E-state index in [4.69, 9.17) is 9.47 Å². The summed E-state index contributed by atoms with van der Waals surface area (Å²) in [5.41, 5.74) is 0.441. The molecule has 1 amide bonds. The highest BCUT2D eigenvalue weighted by Gasteiger charge is 2.47. The third-order valence-electron chi connectivity index (χ3n) is 6.14. The Morgan fingerprint density at radius 2 is 1.68 bits per heavy atom. The normalized spacial score (nSPS) is 16.9. The van der Waals surface area contributed by atoms with Gasteiger partial charge in [0.05, 0.1) is 26.4 Å². The van der Waals surface area contributed by atoms with Crippen molar-refractivity contribution in [3.8, 4) is 11.8 Å². The molecule has 5 nitrogen and oxygen atoms in total. The smallest absolute Gasteiger partial charge is 0.243 e. The maximum Gasteiger partial charge on any atom is 0.243 e. The van der Waals surface area contributed by atoms with Crippen molar-refractivity contribution in [3.05, 3.63) is 77.9 Å². The second-order valence-electron chi connectivity index (χ2n) is 7.96. The van der Waals surface area contributed by atoms with Crippen molar-refractivity contribution in [1.82, 2.24) is 4.90 Å². The Morgan fingerprint density at radius 3 is 2.42 bits per heavy atom. The van der Waals surface area contributed by atoms with Gasteiger partial charge in [-0.2, -0.15) is 5.26 Å². The number of rotatable bonds is 5. The summed E-state index contributed by atoms with van der Waals surface area (Å²) in [6, 6.07) is 24.2. The van der Waals surface area contributed by atoms with Gasteiger partial charge in [-0.05, 0) is 29.3 Å². The Hall–Kier alpha value is -3.36. The summed E-state index contributed by atoms with van der Waals surface area (Å²) < 4.78 is 11.1. The molecule has 0 radical (unpaired) electrons. The molecule has 2 atom stereocenters. The molecule has 31 heavy (non-hydrogen) atoms. The van der Waals surface area contributed by atoms with Crippen LogP contribution in [-0.4, -0.2) is 44.2 Å². The number of ether oxygens (including phenoxy) is 2. The van der Waals surface area contributed by atoms with Crippen LogP contribution in [0, 0.1) is 16.7 Å². The summed E-state index contributed by atoms with van der Waals surface area (Å²) >= 11 is 0. The predicted molar refractivity (Wildman–Crippen MR) is 120 cm³/mol. The highest BCUT2D eigenvalue weighted by molar-refractivity contribution is 5.91. The maximum absolute atomic E-state index is 13.8.